The van der Waals surface area contributed by atoms with Gasteiger partial charge in [-0.25, -0.2) is 0 Å². The van der Waals surface area contributed by atoms with E-state index in [4.69, 9.17) is 4.74 Å². The Labute approximate surface area is 123 Å². The molecule has 0 bridgehead atoms. The molecule has 2 amide bonds. The van der Waals surface area contributed by atoms with Gasteiger partial charge in [-0.3, -0.25) is 9.59 Å². The first kappa shape index (κ1) is 13.9. The molecule has 2 fully saturated rings. The summed E-state index contributed by atoms with van der Waals surface area (Å²) in [4.78, 5) is 27.3. The summed E-state index contributed by atoms with van der Waals surface area (Å²) in [6, 6.07) is 7.93. The van der Waals surface area contributed by atoms with E-state index < -0.39 is 0 Å². The van der Waals surface area contributed by atoms with Crippen molar-refractivity contribution in [1.29, 1.82) is 0 Å². The van der Waals surface area contributed by atoms with Gasteiger partial charge in [-0.05, 0) is 24.3 Å². The van der Waals surface area contributed by atoms with E-state index in [0.29, 0.717) is 13.0 Å². The minimum absolute atomic E-state index is 0.0695. The first-order chi connectivity index (χ1) is 10.2. The predicted molar refractivity (Wildman–Crippen MR) is 79.5 cm³/mol. The molecule has 0 saturated carbocycles. The van der Waals surface area contributed by atoms with E-state index in [1.54, 1.807) is 4.90 Å². The Hall–Kier alpha value is -2.08. The Morgan fingerprint density at radius 2 is 1.62 bits per heavy atom. The Morgan fingerprint density at radius 3 is 2.33 bits per heavy atom. The summed E-state index contributed by atoms with van der Waals surface area (Å²) in [5.41, 5.74) is 1.98. The summed E-state index contributed by atoms with van der Waals surface area (Å²) in [5.74, 6) is -0.143. The molecule has 0 unspecified atom stereocenters. The largest absolute Gasteiger partial charge is 0.378 e. The van der Waals surface area contributed by atoms with Crippen molar-refractivity contribution >= 4 is 23.2 Å². The van der Waals surface area contributed by atoms with E-state index in [0.717, 1.165) is 37.7 Å². The van der Waals surface area contributed by atoms with Gasteiger partial charge in [0, 0.05) is 37.4 Å². The maximum atomic E-state index is 12.0. The molecule has 0 aliphatic carbocycles. The molecule has 2 heterocycles. The molecular weight excluding hydrogens is 270 g/mol. The van der Waals surface area contributed by atoms with Gasteiger partial charge in [-0.15, -0.1) is 0 Å². The highest BCUT2D eigenvalue weighted by atomic mass is 16.5. The molecule has 2 aliphatic rings. The molecule has 0 radical (unpaired) electrons. The fourth-order valence-corrected chi connectivity index (χ4v) is 2.63. The maximum absolute atomic E-state index is 12.0. The topological polar surface area (TPSA) is 61.9 Å². The van der Waals surface area contributed by atoms with Crippen LogP contribution in [0.1, 0.15) is 6.42 Å². The third-order valence-corrected chi connectivity index (χ3v) is 3.84. The van der Waals surface area contributed by atoms with Crippen LogP contribution in [0.2, 0.25) is 0 Å². The third-order valence-electron chi connectivity index (χ3n) is 3.84. The number of ether oxygens (including phenoxy) is 1. The van der Waals surface area contributed by atoms with Crippen LogP contribution >= 0.6 is 0 Å². The summed E-state index contributed by atoms with van der Waals surface area (Å²) in [7, 11) is 0. The molecule has 6 heteroatoms. The standard InChI is InChI=1S/C15H19N3O3/c19-14-5-6-18(15(20)11-16-14)13-3-1-12(2-4-13)17-7-9-21-10-8-17/h1-4H,5-11H2,(H,16,19). The minimum Gasteiger partial charge on any atom is -0.378 e. The number of morpholine rings is 1. The molecule has 0 atom stereocenters. The molecule has 0 aromatic heterocycles. The van der Waals surface area contributed by atoms with Crippen molar-refractivity contribution in [2.45, 2.75) is 6.42 Å². The van der Waals surface area contributed by atoms with Crippen LogP contribution in [0, 0.1) is 0 Å². The third kappa shape index (κ3) is 3.16. The maximum Gasteiger partial charge on any atom is 0.246 e. The summed E-state index contributed by atoms with van der Waals surface area (Å²) >= 11 is 0. The van der Waals surface area contributed by atoms with Crippen molar-refractivity contribution in [3.05, 3.63) is 24.3 Å². The highest BCUT2D eigenvalue weighted by molar-refractivity contribution is 5.98. The normalized spacial score (nSPS) is 20.2. The van der Waals surface area contributed by atoms with Crippen LogP contribution in [0.5, 0.6) is 0 Å². The number of nitrogens with zero attached hydrogens (tertiary/aromatic N) is 2. The van der Waals surface area contributed by atoms with E-state index >= 15 is 0 Å². The van der Waals surface area contributed by atoms with Gasteiger partial charge < -0.3 is 19.9 Å². The van der Waals surface area contributed by atoms with Crippen molar-refractivity contribution in [1.82, 2.24) is 5.32 Å². The number of carbonyl (C=O) groups excluding carboxylic acids is 2. The van der Waals surface area contributed by atoms with E-state index in [1.807, 2.05) is 24.3 Å². The highest BCUT2D eigenvalue weighted by Gasteiger charge is 2.21. The number of carbonyl (C=O) groups is 2. The molecule has 1 aromatic rings. The Morgan fingerprint density at radius 1 is 0.952 bits per heavy atom. The first-order valence-corrected chi connectivity index (χ1v) is 7.24. The zero-order chi connectivity index (χ0) is 14.7. The molecule has 3 rings (SSSR count). The molecule has 2 aliphatic heterocycles. The molecule has 0 spiro atoms. The Balaban J connectivity index is 1.73. The molecule has 1 aromatic carbocycles. The zero-order valence-electron chi connectivity index (χ0n) is 11.9. The van der Waals surface area contributed by atoms with E-state index in [2.05, 4.69) is 10.2 Å². The van der Waals surface area contributed by atoms with Gasteiger partial charge in [0.25, 0.3) is 0 Å². The monoisotopic (exact) mass is 289 g/mol. The summed E-state index contributed by atoms with van der Waals surface area (Å²) in [6.07, 6.45) is 0.344. The second kappa shape index (κ2) is 6.13. The van der Waals surface area contributed by atoms with Crippen molar-refractivity contribution in [2.75, 3.05) is 49.2 Å². The summed E-state index contributed by atoms with van der Waals surface area (Å²) in [6.45, 7) is 3.78. The lowest BCUT2D eigenvalue weighted by Crippen LogP contribution is -2.36. The van der Waals surface area contributed by atoms with Crippen LogP contribution in [0.25, 0.3) is 0 Å². The number of benzene rings is 1. The molecule has 21 heavy (non-hydrogen) atoms. The Kier molecular flexibility index (Phi) is 4.06. The number of anilines is 2. The van der Waals surface area contributed by atoms with E-state index in [-0.39, 0.29) is 18.4 Å². The smallest absolute Gasteiger partial charge is 0.246 e. The molecule has 6 nitrogen and oxygen atoms in total. The number of hydrogen-bond acceptors (Lipinski definition) is 4. The molecule has 2 saturated heterocycles. The van der Waals surface area contributed by atoms with Crippen molar-refractivity contribution in [3.63, 3.8) is 0 Å². The van der Waals surface area contributed by atoms with Crippen molar-refractivity contribution in [2.24, 2.45) is 0 Å². The van der Waals surface area contributed by atoms with Crippen LogP contribution in [0.3, 0.4) is 0 Å². The van der Waals surface area contributed by atoms with Crippen LogP contribution in [-0.2, 0) is 14.3 Å². The lowest BCUT2D eigenvalue weighted by molar-refractivity contribution is -0.123. The average Bonchev–Trinajstić information content (AvgIpc) is 2.70. The van der Waals surface area contributed by atoms with Gasteiger partial charge >= 0.3 is 0 Å². The lowest BCUT2D eigenvalue weighted by atomic mass is 10.2. The van der Waals surface area contributed by atoms with Gasteiger partial charge in [0.05, 0.1) is 19.8 Å². The zero-order valence-corrected chi connectivity index (χ0v) is 11.9. The highest BCUT2D eigenvalue weighted by Crippen LogP contribution is 2.22. The van der Waals surface area contributed by atoms with Crippen LogP contribution in [0.4, 0.5) is 11.4 Å². The fourth-order valence-electron chi connectivity index (χ4n) is 2.63. The quantitative estimate of drug-likeness (QED) is 0.855. The van der Waals surface area contributed by atoms with Gasteiger partial charge in [-0.1, -0.05) is 0 Å². The second-order valence-corrected chi connectivity index (χ2v) is 5.19. The predicted octanol–water partition coefficient (Wildman–Crippen LogP) is 0.376. The van der Waals surface area contributed by atoms with Crippen molar-refractivity contribution in [3.8, 4) is 0 Å². The van der Waals surface area contributed by atoms with Gasteiger partial charge in [0.1, 0.15) is 0 Å². The van der Waals surface area contributed by atoms with Crippen LogP contribution < -0.4 is 15.1 Å². The lowest BCUT2D eigenvalue weighted by Gasteiger charge is -2.29. The van der Waals surface area contributed by atoms with E-state index in [9.17, 15) is 9.59 Å². The van der Waals surface area contributed by atoms with Crippen LogP contribution in [0.15, 0.2) is 24.3 Å². The SMILES string of the molecule is O=C1CCN(c2ccc(N3CCOCC3)cc2)C(=O)CN1. The molecular formula is C15H19N3O3. The number of rotatable bonds is 2. The van der Waals surface area contributed by atoms with Gasteiger partial charge in [-0.2, -0.15) is 0 Å². The minimum atomic E-state index is -0.0733. The summed E-state index contributed by atoms with van der Waals surface area (Å²) < 4.78 is 5.34. The van der Waals surface area contributed by atoms with Gasteiger partial charge in [0.2, 0.25) is 11.8 Å². The average molecular weight is 289 g/mol. The molecule has 1 N–H and O–H groups in total. The fraction of sp³-hybridized carbons (Fsp3) is 0.467. The number of amides is 2. The summed E-state index contributed by atoms with van der Waals surface area (Å²) in [5, 5.41) is 2.60. The Bertz CT molecular complexity index is 523. The first-order valence-electron chi connectivity index (χ1n) is 7.24. The van der Waals surface area contributed by atoms with Gasteiger partial charge in [0.15, 0.2) is 0 Å². The molecule has 112 valence electrons. The number of hydrogen-bond donors (Lipinski definition) is 1. The van der Waals surface area contributed by atoms with E-state index in [1.165, 1.54) is 0 Å². The second-order valence-electron chi connectivity index (χ2n) is 5.19. The number of nitrogens with one attached hydrogen (secondary N) is 1. The van der Waals surface area contributed by atoms with Crippen molar-refractivity contribution < 1.29 is 14.3 Å². The van der Waals surface area contributed by atoms with Crippen LogP contribution in [-0.4, -0.2) is 51.2 Å².